The zero-order valence-electron chi connectivity index (χ0n) is 23.0. The summed E-state index contributed by atoms with van der Waals surface area (Å²) in [5.74, 6) is 1.21. The summed E-state index contributed by atoms with van der Waals surface area (Å²) < 4.78 is 0. The Labute approximate surface area is 214 Å². The molecule has 3 nitrogen and oxygen atoms in total. The first-order valence-electron chi connectivity index (χ1n) is 13.8. The maximum absolute atomic E-state index is 10.1. The number of hydrogen-bond acceptors (Lipinski definition) is 3. The number of allylic oxidation sites excluding steroid dienone is 6. The molecule has 3 aliphatic carbocycles. The van der Waals surface area contributed by atoms with Crippen molar-refractivity contribution in [2.75, 3.05) is 6.61 Å². The maximum atomic E-state index is 10.1. The lowest BCUT2D eigenvalue weighted by Gasteiger charge is -2.42. The quantitative estimate of drug-likeness (QED) is 0.156. The van der Waals surface area contributed by atoms with Gasteiger partial charge in [-0.05, 0) is 87.0 Å². The van der Waals surface area contributed by atoms with Gasteiger partial charge in [0.15, 0.2) is 0 Å². The van der Waals surface area contributed by atoms with Crippen molar-refractivity contribution < 1.29 is 9.94 Å². The average molecular weight is 480 g/mol. The fourth-order valence-electron chi connectivity index (χ4n) is 6.47. The lowest BCUT2D eigenvalue weighted by molar-refractivity contribution is 0.158. The summed E-state index contributed by atoms with van der Waals surface area (Å²) in [6, 6.07) is 0. The van der Waals surface area contributed by atoms with E-state index in [2.05, 4.69) is 71.2 Å². The van der Waals surface area contributed by atoms with Gasteiger partial charge in [0, 0.05) is 5.41 Å². The summed E-state index contributed by atoms with van der Waals surface area (Å²) in [6.45, 7) is 20.0. The van der Waals surface area contributed by atoms with Gasteiger partial charge in [0.25, 0.3) is 0 Å². The van der Waals surface area contributed by atoms with Crippen LogP contribution in [0, 0.1) is 22.7 Å². The van der Waals surface area contributed by atoms with Crippen LogP contribution in [0.25, 0.3) is 0 Å². The summed E-state index contributed by atoms with van der Waals surface area (Å²) in [6.07, 6.45) is 19.5. The molecule has 1 N–H and O–H groups in total. The van der Waals surface area contributed by atoms with E-state index >= 15 is 0 Å². The van der Waals surface area contributed by atoms with Gasteiger partial charge in [-0.25, -0.2) is 0 Å². The molecule has 0 aromatic rings. The molecule has 0 spiro atoms. The van der Waals surface area contributed by atoms with Crippen LogP contribution in [-0.2, 0) is 4.84 Å². The predicted molar refractivity (Wildman–Crippen MR) is 149 cm³/mol. The molecule has 4 atom stereocenters. The lowest BCUT2D eigenvalue weighted by Crippen LogP contribution is -2.32. The first-order chi connectivity index (χ1) is 16.6. The average Bonchev–Trinajstić information content (AvgIpc) is 3.15. The van der Waals surface area contributed by atoms with E-state index in [0.717, 1.165) is 37.8 Å². The standard InChI is InChI=1S/C32H49NO2/c1-8-21-35-33-30(31(4,5)6)13-9-11-24(3)28-18-19-29-25(12-10-20-32(28,29)7)15-16-26-22-27(34)17-14-23(26)2/h8,15-16,18,24,27,29,34H,1-2,9-14,17,19-22H2,3-7H3/b25-15+,26-16-,33-30+/t24?,27-,29-,32+/m0/s1. The van der Waals surface area contributed by atoms with Crippen LogP contribution in [0.2, 0.25) is 0 Å². The lowest BCUT2D eigenvalue weighted by atomic mass is 9.62. The number of aliphatic hydroxyl groups is 1. The highest BCUT2D eigenvalue weighted by molar-refractivity contribution is 5.88. The Kier molecular flexibility index (Phi) is 9.43. The fourth-order valence-corrected chi connectivity index (χ4v) is 6.47. The van der Waals surface area contributed by atoms with Gasteiger partial charge in [0.2, 0.25) is 0 Å². The smallest absolute Gasteiger partial charge is 0.135 e. The summed E-state index contributed by atoms with van der Waals surface area (Å²) in [7, 11) is 0. The molecule has 3 heteroatoms. The Balaban J connectivity index is 1.64. The van der Waals surface area contributed by atoms with Crippen molar-refractivity contribution in [3.8, 4) is 0 Å². The third-order valence-electron chi connectivity index (χ3n) is 8.61. The topological polar surface area (TPSA) is 41.8 Å². The molecule has 0 aromatic heterocycles. The molecular formula is C32H49NO2. The minimum Gasteiger partial charge on any atom is -0.393 e. The van der Waals surface area contributed by atoms with Crippen molar-refractivity contribution in [3.63, 3.8) is 0 Å². The second kappa shape index (κ2) is 11.9. The van der Waals surface area contributed by atoms with Gasteiger partial charge in [0.1, 0.15) is 6.61 Å². The molecule has 0 bridgehead atoms. The number of aliphatic hydroxyl groups excluding tert-OH is 1. The maximum Gasteiger partial charge on any atom is 0.135 e. The van der Waals surface area contributed by atoms with E-state index in [-0.39, 0.29) is 16.9 Å². The molecule has 0 radical (unpaired) electrons. The highest BCUT2D eigenvalue weighted by Gasteiger charge is 2.45. The number of nitrogens with zero attached hydrogens (tertiary/aromatic N) is 1. The van der Waals surface area contributed by atoms with Gasteiger partial charge in [0.05, 0.1) is 11.8 Å². The molecule has 194 valence electrons. The molecule has 2 fully saturated rings. The third-order valence-corrected chi connectivity index (χ3v) is 8.61. The first kappa shape index (κ1) is 27.7. The number of hydrogen-bond donors (Lipinski definition) is 1. The summed E-state index contributed by atoms with van der Waals surface area (Å²) in [4.78, 5) is 5.43. The van der Waals surface area contributed by atoms with Crippen LogP contribution in [0.3, 0.4) is 0 Å². The van der Waals surface area contributed by atoms with Gasteiger partial charge in [-0.2, -0.15) is 0 Å². The highest BCUT2D eigenvalue weighted by atomic mass is 16.6. The summed E-state index contributed by atoms with van der Waals surface area (Å²) in [5.41, 5.74) is 7.16. The molecule has 2 saturated carbocycles. The van der Waals surface area contributed by atoms with Crippen LogP contribution in [-0.4, -0.2) is 23.5 Å². The van der Waals surface area contributed by atoms with E-state index in [4.69, 9.17) is 4.84 Å². The van der Waals surface area contributed by atoms with Crippen molar-refractivity contribution >= 4 is 5.71 Å². The van der Waals surface area contributed by atoms with Crippen molar-refractivity contribution in [3.05, 3.63) is 59.8 Å². The van der Waals surface area contributed by atoms with Crippen LogP contribution in [0.5, 0.6) is 0 Å². The minimum absolute atomic E-state index is 0.0192. The Morgan fingerprint density at radius 3 is 2.80 bits per heavy atom. The van der Waals surface area contributed by atoms with Crippen molar-refractivity contribution in [1.29, 1.82) is 0 Å². The molecule has 0 aliphatic heterocycles. The van der Waals surface area contributed by atoms with E-state index in [1.807, 2.05) is 0 Å². The monoisotopic (exact) mass is 479 g/mol. The van der Waals surface area contributed by atoms with Crippen LogP contribution < -0.4 is 0 Å². The van der Waals surface area contributed by atoms with Crippen LogP contribution >= 0.6 is 0 Å². The molecule has 35 heavy (non-hydrogen) atoms. The highest BCUT2D eigenvalue weighted by Crippen LogP contribution is 2.57. The van der Waals surface area contributed by atoms with E-state index in [1.165, 1.54) is 43.3 Å². The van der Waals surface area contributed by atoms with Gasteiger partial charge in [-0.15, -0.1) is 0 Å². The Bertz CT molecular complexity index is 897. The number of oxime groups is 1. The predicted octanol–water partition coefficient (Wildman–Crippen LogP) is 8.49. The molecule has 0 aromatic carbocycles. The largest absolute Gasteiger partial charge is 0.393 e. The molecule has 0 saturated heterocycles. The second-order valence-corrected chi connectivity index (χ2v) is 12.3. The minimum atomic E-state index is -0.209. The van der Waals surface area contributed by atoms with Gasteiger partial charge in [-0.1, -0.05) is 94.0 Å². The van der Waals surface area contributed by atoms with Gasteiger partial charge >= 0.3 is 0 Å². The van der Waals surface area contributed by atoms with E-state index in [1.54, 1.807) is 17.2 Å². The second-order valence-electron chi connectivity index (χ2n) is 12.3. The van der Waals surface area contributed by atoms with Crippen molar-refractivity contribution in [2.45, 2.75) is 105 Å². The molecule has 1 unspecified atom stereocenters. The molecule has 0 amide bonds. The fraction of sp³-hybridized carbons (Fsp3) is 0.656. The van der Waals surface area contributed by atoms with E-state index in [9.17, 15) is 5.11 Å². The normalized spacial score (nSPS) is 30.9. The molecule has 3 rings (SSSR count). The molecule has 0 heterocycles. The number of rotatable bonds is 9. The third kappa shape index (κ3) is 6.88. The SMILES string of the molecule is C=CCO/N=C(\CCCC(C)C1=CC[C@H]2/C(=C/C=C3/C[C@@H](O)CCC3=C)CCC[C@]12C)C(C)(C)C. The van der Waals surface area contributed by atoms with E-state index < -0.39 is 0 Å². The van der Waals surface area contributed by atoms with Crippen molar-refractivity contribution in [1.82, 2.24) is 0 Å². The Morgan fingerprint density at radius 2 is 2.09 bits per heavy atom. The first-order valence-corrected chi connectivity index (χ1v) is 13.8. The summed E-state index contributed by atoms with van der Waals surface area (Å²) >= 11 is 0. The van der Waals surface area contributed by atoms with Crippen LogP contribution in [0.1, 0.15) is 98.8 Å². The van der Waals surface area contributed by atoms with Crippen LogP contribution in [0.15, 0.2) is 64.9 Å². The van der Waals surface area contributed by atoms with Crippen LogP contribution in [0.4, 0.5) is 0 Å². The number of fused-ring (bicyclic) bond motifs is 1. The van der Waals surface area contributed by atoms with Gasteiger partial charge < -0.3 is 9.94 Å². The van der Waals surface area contributed by atoms with Gasteiger partial charge in [-0.3, -0.25) is 0 Å². The zero-order valence-corrected chi connectivity index (χ0v) is 23.0. The van der Waals surface area contributed by atoms with E-state index in [0.29, 0.717) is 18.4 Å². The Hall–Kier alpha value is -1.87. The zero-order chi connectivity index (χ0) is 25.6. The summed E-state index contributed by atoms with van der Waals surface area (Å²) in [5, 5.41) is 14.5. The molecular weight excluding hydrogens is 430 g/mol. The molecule has 3 aliphatic rings. The Morgan fingerprint density at radius 1 is 1.31 bits per heavy atom. The van der Waals surface area contributed by atoms with Crippen molar-refractivity contribution in [2.24, 2.45) is 27.8 Å².